The molecule has 0 aliphatic carbocycles. The summed E-state index contributed by atoms with van der Waals surface area (Å²) in [5.41, 5.74) is 0.995. The monoisotopic (exact) mass is 364 g/mol. The molecule has 2 aromatic rings. The van der Waals surface area contributed by atoms with Crippen LogP contribution in [0, 0.1) is 5.21 Å². The highest BCUT2D eigenvalue weighted by molar-refractivity contribution is 7.92. The van der Waals surface area contributed by atoms with Gasteiger partial charge in [-0.2, -0.15) is 0 Å². The van der Waals surface area contributed by atoms with E-state index in [2.05, 4.69) is 9.62 Å². The number of nitrogens with one attached hydrogen (secondary N) is 1. The zero-order valence-electron chi connectivity index (χ0n) is 13.3. The molecule has 0 saturated carbocycles. The average Bonchev–Trinajstić information content (AvgIpc) is 2.63. The standard InChI is InChI=1S/C16H18N3O5S/c20-19(21)15-3-1-2-4-16(15)25(22,23)17-13-5-7-14(8-6-13)18-9-11-24-12-10-18/h1-8,17,20H,9-12H2/q-1. The van der Waals surface area contributed by atoms with Crippen LogP contribution in [0.15, 0.2) is 53.4 Å². The smallest absolute Gasteiger partial charge is 0.264 e. The van der Waals surface area contributed by atoms with Crippen LogP contribution in [0.2, 0.25) is 0 Å². The van der Waals surface area contributed by atoms with Gasteiger partial charge in [-0.15, -0.1) is 0 Å². The second-order valence-electron chi connectivity index (χ2n) is 5.49. The molecule has 25 heavy (non-hydrogen) atoms. The summed E-state index contributed by atoms with van der Waals surface area (Å²) in [5.74, 6) is 0. The molecule has 1 saturated heterocycles. The lowest BCUT2D eigenvalue weighted by molar-refractivity contribution is 0.122. The molecule has 0 aromatic heterocycles. The first kappa shape index (κ1) is 17.5. The summed E-state index contributed by atoms with van der Waals surface area (Å²) in [5, 5.41) is 19.8. The number of nitrogens with zero attached hydrogens (tertiary/aromatic N) is 2. The molecule has 0 amide bonds. The molecule has 8 nitrogen and oxygen atoms in total. The summed E-state index contributed by atoms with van der Waals surface area (Å²) in [6.07, 6.45) is 0. The Kier molecular flexibility index (Phi) is 5.09. The van der Waals surface area contributed by atoms with Crippen molar-refractivity contribution in [2.75, 3.05) is 41.2 Å². The molecular formula is C16H18N3O5S-. The van der Waals surface area contributed by atoms with Gasteiger partial charge in [0.15, 0.2) is 0 Å². The SMILES string of the molecule is O=S(=O)(Nc1ccc(N2CCOCC2)cc1)c1ccccc1N([O-])O. The third-order valence-electron chi connectivity index (χ3n) is 3.86. The van der Waals surface area contributed by atoms with Crippen molar-refractivity contribution in [1.82, 2.24) is 0 Å². The van der Waals surface area contributed by atoms with E-state index in [1.807, 2.05) is 12.1 Å². The molecule has 0 spiro atoms. The van der Waals surface area contributed by atoms with Gasteiger partial charge in [0.05, 0.1) is 18.9 Å². The molecule has 9 heteroatoms. The Balaban J connectivity index is 1.79. The minimum absolute atomic E-state index is 0.301. The van der Waals surface area contributed by atoms with Gasteiger partial charge in [0, 0.05) is 24.5 Å². The van der Waals surface area contributed by atoms with Crippen molar-refractivity contribution >= 4 is 27.1 Å². The Morgan fingerprint density at radius 3 is 2.36 bits per heavy atom. The van der Waals surface area contributed by atoms with E-state index in [4.69, 9.17) is 9.94 Å². The molecule has 1 heterocycles. The van der Waals surface area contributed by atoms with Crippen molar-refractivity contribution in [3.05, 3.63) is 53.7 Å². The molecule has 0 atom stereocenters. The van der Waals surface area contributed by atoms with E-state index < -0.39 is 15.2 Å². The van der Waals surface area contributed by atoms with Crippen molar-refractivity contribution in [3.63, 3.8) is 0 Å². The second kappa shape index (κ2) is 7.28. The zero-order valence-corrected chi connectivity index (χ0v) is 14.1. The summed E-state index contributed by atoms with van der Waals surface area (Å²) in [6.45, 7) is 2.90. The first-order chi connectivity index (χ1) is 12.0. The Bertz CT molecular complexity index is 818. The van der Waals surface area contributed by atoms with E-state index in [-0.39, 0.29) is 10.6 Å². The van der Waals surface area contributed by atoms with Crippen LogP contribution in [0.5, 0.6) is 0 Å². The average molecular weight is 364 g/mol. The molecule has 0 radical (unpaired) electrons. The van der Waals surface area contributed by atoms with E-state index in [1.54, 1.807) is 12.1 Å². The summed E-state index contributed by atoms with van der Waals surface area (Å²) in [4.78, 5) is 1.85. The molecule has 0 unspecified atom stereocenters. The maximum absolute atomic E-state index is 12.5. The Morgan fingerprint density at radius 1 is 1.08 bits per heavy atom. The highest BCUT2D eigenvalue weighted by atomic mass is 32.2. The van der Waals surface area contributed by atoms with Gasteiger partial charge < -0.3 is 20.1 Å². The highest BCUT2D eigenvalue weighted by Crippen LogP contribution is 2.26. The van der Waals surface area contributed by atoms with Crippen molar-refractivity contribution < 1.29 is 18.4 Å². The largest absolute Gasteiger partial charge is 0.733 e. The van der Waals surface area contributed by atoms with Crippen LogP contribution < -0.4 is 14.8 Å². The number of sulfonamides is 1. The van der Waals surface area contributed by atoms with Crippen LogP contribution in [0.4, 0.5) is 17.1 Å². The Hall–Kier alpha value is -2.33. The number of hydrogen-bond acceptors (Lipinski definition) is 7. The highest BCUT2D eigenvalue weighted by Gasteiger charge is 2.19. The molecule has 1 aliphatic rings. The van der Waals surface area contributed by atoms with Gasteiger partial charge in [0.25, 0.3) is 10.0 Å². The Labute approximate surface area is 145 Å². The first-order valence-corrected chi connectivity index (χ1v) is 9.16. The van der Waals surface area contributed by atoms with Crippen molar-refractivity contribution in [3.8, 4) is 0 Å². The molecule has 1 aliphatic heterocycles. The molecular weight excluding hydrogens is 346 g/mol. The van der Waals surface area contributed by atoms with Gasteiger partial charge in [0.2, 0.25) is 0 Å². The maximum atomic E-state index is 12.5. The van der Waals surface area contributed by atoms with E-state index in [1.165, 1.54) is 24.3 Å². The van der Waals surface area contributed by atoms with Crippen LogP contribution in [-0.4, -0.2) is 39.9 Å². The summed E-state index contributed by atoms with van der Waals surface area (Å²) in [7, 11) is -4.01. The normalized spacial score (nSPS) is 15.0. The third-order valence-corrected chi connectivity index (χ3v) is 5.29. The summed E-state index contributed by atoms with van der Waals surface area (Å²) >= 11 is 0. The van der Waals surface area contributed by atoms with E-state index >= 15 is 0 Å². The van der Waals surface area contributed by atoms with Gasteiger partial charge in [-0.1, -0.05) is 12.1 Å². The fourth-order valence-electron chi connectivity index (χ4n) is 2.61. The molecule has 3 rings (SSSR count). The third kappa shape index (κ3) is 4.02. The summed E-state index contributed by atoms with van der Waals surface area (Å²) < 4.78 is 32.7. The fourth-order valence-corrected chi connectivity index (χ4v) is 3.85. The maximum Gasteiger partial charge on any atom is 0.264 e. The lowest BCUT2D eigenvalue weighted by atomic mass is 10.2. The van der Waals surface area contributed by atoms with Crippen molar-refractivity contribution in [1.29, 1.82) is 0 Å². The van der Waals surface area contributed by atoms with E-state index in [0.29, 0.717) is 18.9 Å². The van der Waals surface area contributed by atoms with Crippen molar-refractivity contribution in [2.24, 2.45) is 0 Å². The number of para-hydroxylation sites is 1. The van der Waals surface area contributed by atoms with Gasteiger partial charge in [-0.25, -0.2) is 8.42 Å². The molecule has 134 valence electrons. The number of anilines is 3. The van der Waals surface area contributed by atoms with Crippen LogP contribution in [-0.2, 0) is 14.8 Å². The minimum Gasteiger partial charge on any atom is -0.733 e. The second-order valence-corrected chi connectivity index (χ2v) is 7.14. The van der Waals surface area contributed by atoms with Crippen LogP contribution >= 0.6 is 0 Å². The predicted octanol–water partition coefficient (Wildman–Crippen LogP) is 2.02. The van der Waals surface area contributed by atoms with E-state index in [0.717, 1.165) is 18.8 Å². The number of ether oxygens (including phenoxy) is 1. The Morgan fingerprint density at radius 2 is 1.72 bits per heavy atom. The number of rotatable bonds is 5. The molecule has 0 bridgehead atoms. The number of benzene rings is 2. The molecule has 1 fully saturated rings. The van der Waals surface area contributed by atoms with Crippen LogP contribution in [0.25, 0.3) is 0 Å². The minimum atomic E-state index is -4.01. The van der Waals surface area contributed by atoms with Crippen molar-refractivity contribution in [2.45, 2.75) is 4.90 Å². The quantitative estimate of drug-likeness (QED) is 0.782. The summed E-state index contributed by atoms with van der Waals surface area (Å²) in [6, 6.07) is 12.4. The number of morpholine rings is 1. The first-order valence-electron chi connectivity index (χ1n) is 7.68. The molecule has 2 N–H and O–H groups in total. The predicted molar refractivity (Wildman–Crippen MR) is 94.4 cm³/mol. The van der Waals surface area contributed by atoms with Gasteiger partial charge in [-0.3, -0.25) is 9.93 Å². The van der Waals surface area contributed by atoms with Crippen LogP contribution in [0.3, 0.4) is 0 Å². The van der Waals surface area contributed by atoms with E-state index in [9.17, 15) is 13.6 Å². The van der Waals surface area contributed by atoms with Crippen LogP contribution in [0.1, 0.15) is 0 Å². The number of hydrogen-bond donors (Lipinski definition) is 2. The van der Waals surface area contributed by atoms with Gasteiger partial charge in [-0.05, 0) is 36.4 Å². The molecule has 2 aromatic carbocycles. The van der Waals surface area contributed by atoms with Gasteiger partial charge in [0.1, 0.15) is 4.90 Å². The fraction of sp³-hybridized carbons (Fsp3) is 0.250. The lowest BCUT2D eigenvalue weighted by Gasteiger charge is -2.29. The van der Waals surface area contributed by atoms with Gasteiger partial charge >= 0.3 is 0 Å². The lowest BCUT2D eigenvalue weighted by Crippen LogP contribution is -2.36. The zero-order chi connectivity index (χ0) is 17.9. The topological polar surface area (TPSA) is 105 Å².